The molecule has 2 aromatic carbocycles. The molecule has 1 aromatic heterocycles. The first-order chi connectivity index (χ1) is 12.5. The number of anilines is 1. The molecule has 0 N–H and O–H groups in total. The molecule has 1 fully saturated rings. The zero-order valence-electron chi connectivity index (χ0n) is 13.9. The molecule has 1 unspecified atom stereocenters. The van der Waals surface area contributed by atoms with Gasteiger partial charge in [-0.15, -0.1) is 0 Å². The average Bonchev–Trinajstić information content (AvgIpc) is 3.25. The highest BCUT2D eigenvalue weighted by atomic mass is 19.1. The Hall–Kier alpha value is -3.09. The predicted molar refractivity (Wildman–Crippen MR) is 90.5 cm³/mol. The largest absolute Gasteiger partial charge is 0.334 e. The van der Waals surface area contributed by atoms with Crippen LogP contribution in [0.5, 0.6) is 0 Å². The molecule has 1 saturated heterocycles. The molecule has 0 saturated carbocycles. The van der Waals surface area contributed by atoms with E-state index in [0.717, 1.165) is 0 Å². The Kier molecular flexibility index (Phi) is 3.99. The first kappa shape index (κ1) is 16.4. The monoisotopic (exact) mass is 355 g/mol. The van der Waals surface area contributed by atoms with E-state index in [9.17, 15) is 13.6 Å². The number of amides is 1. The van der Waals surface area contributed by atoms with E-state index in [4.69, 9.17) is 4.52 Å². The van der Waals surface area contributed by atoms with Gasteiger partial charge in [0.1, 0.15) is 11.6 Å². The molecule has 1 atom stereocenters. The first-order valence-electron chi connectivity index (χ1n) is 8.18. The molecule has 3 aromatic rings. The molecule has 5 nitrogen and oxygen atoms in total. The Morgan fingerprint density at radius 2 is 1.88 bits per heavy atom. The van der Waals surface area contributed by atoms with E-state index in [0.29, 0.717) is 23.6 Å². The van der Waals surface area contributed by atoms with Crippen molar-refractivity contribution in [3.8, 4) is 11.5 Å². The third-order valence-electron chi connectivity index (χ3n) is 4.57. The molecule has 1 aliphatic heterocycles. The van der Waals surface area contributed by atoms with Crippen LogP contribution in [0, 0.1) is 18.6 Å². The van der Waals surface area contributed by atoms with E-state index in [1.165, 1.54) is 17.0 Å². The van der Waals surface area contributed by atoms with Crippen LogP contribution in [0.25, 0.3) is 11.5 Å². The van der Waals surface area contributed by atoms with Gasteiger partial charge in [-0.3, -0.25) is 4.79 Å². The minimum absolute atomic E-state index is 0.0749. The Balaban J connectivity index is 1.60. The Morgan fingerprint density at radius 3 is 2.69 bits per heavy atom. The molecule has 1 aliphatic rings. The smallest absolute Gasteiger partial charge is 0.260 e. The number of halogens is 2. The Labute approximate surface area is 148 Å². The lowest BCUT2D eigenvalue weighted by Gasteiger charge is -2.18. The molecule has 0 radical (unpaired) electrons. The van der Waals surface area contributed by atoms with Crippen LogP contribution in [-0.4, -0.2) is 22.6 Å². The Bertz CT molecular complexity index is 986. The molecule has 7 heteroatoms. The summed E-state index contributed by atoms with van der Waals surface area (Å²) in [5, 5.41) is 3.91. The van der Waals surface area contributed by atoms with Crippen molar-refractivity contribution in [3.05, 3.63) is 65.5 Å². The fraction of sp³-hybridized carbons (Fsp3) is 0.211. The SMILES string of the molecule is Cc1c(F)cccc1N1CC(c2noc(-c3ccccc3F)n2)CC1=O. The van der Waals surface area contributed by atoms with Crippen LogP contribution in [0.3, 0.4) is 0 Å². The van der Waals surface area contributed by atoms with Crippen molar-refractivity contribution in [2.75, 3.05) is 11.4 Å². The highest BCUT2D eigenvalue weighted by Gasteiger charge is 2.35. The molecule has 4 rings (SSSR count). The summed E-state index contributed by atoms with van der Waals surface area (Å²) in [5.74, 6) is -0.836. The van der Waals surface area contributed by atoms with Crippen molar-refractivity contribution in [1.29, 1.82) is 0 Å². The number of hydrogen-bond donors (Lipinski definition) is 0. The summed E-state index contributed by atoms with van der Waals surface area (Å²) in [7, 11) is 0. The van der Waals surface area contributed by atoms with Crippen molar-refractivity contribution in [2.45, 2.75) is 19.3 Å². The van der Waals surface area contributed by atoms with E-state index < -0.39 is 5.82 Å². The maximum absolute atomic E-state index is 13.9. The summed E-state index contributed by atoms with van der Waals surface area (Å²) in [6.45, 7) is 1.95. The van der Waals surface area contributed by atoms with Gasteiger partial charge < -0.3 is 9.42 Å². The van der Waals surface area contributed by atoms with Gasteiger partial charge in [0.25, 0.3) is 5.89 Å². The number of hydrogen-bond acceptors (Lipinski definition) is 4. The van der Waals surface area contributed by atoms with Crippen molar-refractivity contribution in [3.63, 3.8) is 0 Å². The lowest BCUT2D eigenvalue weighted by molar-refractivity contribution is -0.117. The van der Waals surface area contributed by atoms with Gasteiger partial charge in [0, 0.05) is 30.1 Å². The summed E-state index contributed by atoms with van der Waals surface area (Å²) in [4.78, 5) is 18.2. The number of carbonyl (C=O) groups excluding carboxylic acids is 1. The topological polar surface area (TPSA) is 59.2 Å². The number of nitrogens with zero attached hydrogens (tertiary/aromatic N) is 3. The normalized spacial score (nSPS) is 17.1. The highest BCUT2D eigenvalue weighted by Crippen LogP contribution is 2.33. The summed E-state index contributed by atoms with van der Waals surface area (Å²) >= 11 is 0. The second kappa shape index (κ2) is 6.33. The summed E-state index contributed by atoms with van der Waals surface area (Å²) in [6, 6.07) is 10.8. The third-order valence-corrected chi connectivity index (χ3v) is 4.57. The van der Waals surface area contributed by atoms with E-state index in [2.05, 4.69) is 10.1 Å². The van der Waals surface area contributed by atoms with Crippen LogP contribution in [-0.2, 0) is 4.79 Å². The van der Waals surface area contributed by atoms with Crippen molar-refractivity contribution in [2.24, 2.45) is 0 Å². The second-order valence-corrected chi connectivity index (χ2v) is 6.23. The van der Waals surface area contributed by atoms with Crippen LogP contribution < -0.4 is 4.90 Å². The summed E-state index contributed by atoms with van der Waals surface area (Å²) < 4.78 is 32.8. The predicted octanol–water partition coefficient (Wildman–Crippen LogP) is 3.84. The van der Waals surface area contributed by atoms with Gasteiger partial charge in [-0.25, -0.2) is 8.78 Å². The highest BCUT2D eigenvalue weighted by molar-refractivity contribution is 5.97. The fourth-order valence-electron chi connectivity index (χ4n) is 3.15. The van der Waals surface area contributed by atoms with Crippen LogP contribution >= 0.6 is 0 Å². The number of rotatable bonds is 3. The maximum atomic E-state index is 13.9. The first-order valence-corrected chi connectivity index (χ1v) is 8.18. The average molecular weight is 355 g/mol. The minimum Gasteiger partial charge on any atom is -0.334 e. The van der Waals surface area contributed by atoms with Gasteiger partial charge in [0.05, 0.1) is 5.56 Å². The quantitative estimate of drug-likeness (QED) is 0.716. The third kappa shape index (κ3) is 2.75. The molecule has 1 amide bonds. The molecule has 132 valence electrons. The summed E-state index contributed by atoms with van der Waals surface area (Å²) in [5.41, 5.74) is 1.17. The lowest BCUT2D eigenvalue weighted by atomic mass is 10.1. The number of aromatic nitrogens is 2. The van der Waals surface area contributed by atoms with Crippen LogP contribution in [0.4, 0.5) is 14.5 Å². The fourth-order valence-corrected chi connectivity index (χ4v) is 3.15. The molecular formula is C19H15F2N3O2. The minimum atomic E-state index is -0.456. The van der Waals surface area contributed by atoms with E-state index in [1.807, 2.05) is 0 Å². The zero-order valence-corrected chi connectivity index (χ0v) is 13.9. The van der Waals surface area contributed by atoms with Gasteiger partial charge in [-0.2, -0.15) is 4.98 Å². The second-order valence-electron chi connectivity index (χ2n) is 6.23. The summed E-state index contributed by atoms with van der Waals surface area (Å²) in [6.07, 6.45) is 0.187. The van der Waals surface area contributed by atoms with Crippen molar-refractivity contribution in [1.82, 2.24) is 10.1 Å². The van der Waals surface area contributed by atoms with Gasteiger partial charge >= 0.3 is 0 Å². The number of benzene rings is 2. The Morgan fingerprint density at radius 1 is 1.12 bits per heavy atom. The molecular weight excluding hydrogens is 340 g/mol. The van der Waals surface area contributed by atoms with Gasteiger partial charge in [0.15, 0.2) is 5.82 Å². The van der Waals surface area contributed by atoms with Crippen LogP contribution in [0.1, 0.15) is 23.7 Å². The van der Waals surface area contributed by atoms with Gasteiger partial charge in [-0.1, -0.05) is 23.4 Å². The van der Waals surface area contributed by atoms with Crippen LogP contribution in [0.15, 0.2) is 47.0 Å². The van der Waals surface area contributed by atoms with Crippen LogP contribution in [0.2, 0.25) is 0 Å². The molecule has 0 spiro atoms. The lowest BCUT2D eigenvalue weighted by Crippen LogP contribution is -2.25. The standard InChI is InChI=1S/C19H15F2N3O2/c1-11-14(20)7-4-8-16(11)24-10-12(9-17(24)25)18-22-19(26-23-18)13-5-2-3-6-15(13)21/h2-8,12H,9-10H2,1H3. The van der Waals surface area contributed by atoms with Crippen molar-refractivity contribution < 1.29 is 18.1 Å². The van der Waals surface area contributed by atoms with E-state index in [-0.39, 0.29) is 35.5 Å². The van der Waals surface area contributed by atoms with E-state index >= 15 is 0 Å². The molecule has 2 heterocycles. The zero-order chi connectivity index (χ0) is 18.3. The maximum Gasteiger partial charge on any atom is 0.260 e. The number of carbonyl (C=O) groups is 1. The molecule has 0 bridgehead atoms. The molecule has 0 aliphatic carbocycles. The van der Waals surface area contributed by atoms with Gasteiger partial charge in [-0.05, 0) is 31.2 Å². The van der Waals surface area contributed by atoms with E-state index in [1.54, 1.807) is 37.3 Å². The molecule has 26 heavy (non-hydrogen) atoms. The van der Waals surface area contributed by atoms with Gasteiger partial charge in [0.2, 0.25) is 5.91 Å². The van der Waals surface area contributed by atoms with Crippen molar-refractivity contribution >= 4 is 11.6 Å².